The summed E-state index contributed by atoms with van der Waals surface area (Å²) in [6, 6.07) is 0.551. The van der Waals surface area contributed by atoms with Crippen LogP contribution in [0.5, 0.6) is 0 Å². The van der Waals surface area contributed by atoms with Crippen LogP contribution < -0.4 is 10.6 Å². The van der Waals surface area contributed by atoms with Crippen LogP contribution in [0, 0.1) is 0 Å². The van der Waals surface area contributed by atoms with Gasteiger partial charge in [0.05, 0.1) is 0 Å². The van der Waals surface area contributed by atoms with Crippen LogP contribution in [0.3, 0.4) is 0 Å². The second kappa shape index (κ2) is 11.2. The van der Waals surface area contributed by atoms with Gasteiger partial charge in [-0.25, -0.2) is 4.99 Å². The summed E-state index contributed by atoms with van der Waals surface area (Å²) in [4.78, 5) is 20.2. The number of likely N-dealkylation sites (N-methyl/N-ethyl adjacent to an activating group) is 2. The van der Waals surface area contributed by atoms with Gasteiger partial charge in [-0.05, 0) is 32.4 Å². The average molecular weight is 327 g/mol. The van der Waals surface area contributed by atoms with Crippen LogP contribution in [0.25, 0.3) is 0 Å². The van der Waals surface area contributed by atoms with E-state index in [-0.39, 0.29) is 12.5 Å². The Hall–Kier alpha value is -1.34. The quantitative estimate of drug-likeness (QED) is 0.358. The summed E-state index contributed by atoms with van der Waals surface area (Å²) in [7, 11) is 5.19. The van der Waals surface area contributed by atoms with Gasteiger partial charge < -0.3 is 20.3 Å². The topological polar surface area (TPSA) is 69.2 Å². The molecule has 0 bridgehead atoms. The lowest BCUT2D eigenvalue weighted by Crippen LogP contribution is -2.45. The maximum atomic E-state index is 11.7. The van der Waals surface area contributed by atoms with Gasteiger partial charge in [0.25, 0.3) is 0 Å². The molecule has 1 aliphatic heterocycles. The zero-order valence-corrected chi connectivity index (χ0v) is 15.1. The Morgan fingerprint density at radius 2 is 2.17 bits per heavy atom. The minimum atomic E-state index is -0.000886. The van der Waals surface area contributed by atoms with Gasteiger partial charge in [0.15, 0.2) is 5.96 Å². The summed E-state index contributed by atoms with van der Waals surface area (Å²) in [5.41, 5.74) is 0. The van der Waals surface area contributed by atoms with E-state index < -0.39 is 0 Å². The zero-order chi connectivity index (χ0) is 17.1. The lowest BCUT2D eigenvalue weighted by molar-refractivity contribution is -0.127. The number of aliphatic imine (C=N–C) groups is 1. The maximum absolute atomic E-state index is 11.7. The molecule has 2 N–H and O–H groups in total. The lowest BCUT2D eigenvalue weighted by atomic mass is 10.2. The Kier molecular flexibility index (Phi) is 9.63. The van der Waals surface area contributed by atoms with Gasteiger partial charge >= 0.3 is 0 Å². The Labute approximate surface area is 140 Å². The molecule has 1 heterocycles. The van der Waals surface area contributed by atoms with Crippen LogP contribution in [0.15, 0.2) is 4.99 Å². The van der Waals surface area contributed by atoms with Crippen molar-refractivity contribution in [2.75, 3.05) is 60.5 Å². The summed E-state index contributed by atoms with van der Waals surface area (Å²) >= 11 is 0. The van der Waals surface area contributed by atoms with E-state index in [1.165, 1.54) is 19.4 Å². The van der Waals surface area contributed by atoms with Gasteiger partial charge in [-0.1, -0.05) is 6.92 Å². The summed E-state index contributed by atoms with van der Waals surface area (Å²) in [6.07, 6.45) is 3.38. The summed E-state index contributed by atoms with van der Waals surface area (Å²) in [6.45, 7) is 6.97. The molecule has 0 saturated carbocycles. The molecule has 7 nitrogen and oxygen atoms in total. The van der Waals surface area contributed by atoms with Crippen molar-refractivity contribution in [2.24, 2.45) is 4.99 Å². The highest BCUT2D eigenvalue weighted by atomic mass is 16.5. The molecule has 1 rings (SSSR count). The minimum Gasteiger partial charge on any atom is -0.385 e. The van der Waals surface area contributed by atoms with E-state index in [9.17, 15) is 4.79 Å². The fourth-order valence-electron chi connectivity index (χ4n) is 2.64. The molecule has 1 atom stereocenters. The van der Waals surface area contributed by atoms with Crippen molar-refractivity contribution in [3.05, 3.63) is 0 Å². The van der Waals surface area contributed by atoms with E-state index in [2.05, 4.69) is 27.4 Å². The van der Waals surface area contributed by atoms with E-state index in [0.29, 0.717) is 18.6 Å². The van der Waals surface area contributed by atoms with Gasteiger partial charge in [0, 0.05) is 46.9 Å². The first-order valence-electron chi connectivity index (χ1n) is 8.53. The third-order valence-electron chi connectivity index (χ3n) is 4.10. The Balaban J connectivity index is 2.48. The first-order chi connectivity index (χ1) is 11.1. The van der Waals surface area contributed by atoms with E-state index in [1.807, 2.05) is 0 Å². The number of ether oxygens (including phenoxy) is 1. The third kappa shape index (κ3) is 7.65. The summed E-state index contributed by atoms with van der Waals surface area (Å²) in [5.74, 6) is 0.707. The van der Waals surface area contributed by atoms with Crippen molar-refractivity contribution < 1.29 is 9.53 Å². The molecule has 1 amide bonds. The van der Waals surface area contributed by atoms with Crippen molar-refractivity contribution >= 4 is 11.9 Å². The highest BCUT2D eigenvalue weighted by molar-refractivity contribution is 5.84. The number of rotatable bonds is 9. The highest BCUT2D eigenvalue weighted by Crippen LogP contribution is 2.15. The van der Waals surface area contributed by atoms with Crippen molar-refractivity contribution in [3.63, 3.8) is 0 Å². The van der Waals surface area contributed by atoms with E-state index in [4.69, 9.17) is 4.74 Å². The summed E-state index contributed by atoms with van der Waals surface area (Å²) in [5, 5.41) is 6.66. The maximum Gasteiger partial charge on any atom is 0.243 e. The number of methoxy groups -OCH3 is 1. The molecule has 1 fully saturated rings. The molecule has 1 aliphatic rings. The number of nitrogens with one attached hydrogen (secondary N) is 2. The molecule has 0 aliphatic carbocycles. The molecule has 1 saturated heterocycles. The predicted molar refractivity (Wildman–Crippen MR) is 93.8 cm³/mol. The largest absolute Gasteiger partial charge is 0.385 e. The van der Waals surface area contributed by atoms with Gasteiger partial charge in [-0.3, -0.25) is 9.69 Å². The molecule has 0 aromatic carbocycles. The molecule has 1 unspecified atom stereocenters. The number of amides is 1. The summed E-state index contributed by atoms with van der Waals surface area (Å²) < 4.78 is 5.06. The first-order valence-corrected chi connectivity index (χ1v) is 8.53. The van der Waals surface area contributed by atoms with Crippen LogP contribution in [0.2, 0.25) is 0 Å². The van der Waals surface area contributed by atoms with Crippen LogP contribution >= 0.6 is 0 Å². The van der Waals surface area contributed by atoms with Crippen LogP contribution in [0.1, 0.15) is 26.2 Å². The SMILES string of the molecule is CCN1CCCC1CNC(=NCC(=O)N(C)C)NCCCOC. The Bertz CT molecular complexity index is 373. The molecule has 0 spiro atoms. The number of guanidine groups is 1. The van der Waals surface area contributed by atoms with Crippen molar-refractivity contribution in [2.45, 2.75) is 32.2 Å². The molecular formula is C16H33N5O2. The van der Waals surface area contributed by atoms with Crippen LogP contribution in [0.4, 0.5) is 0 Å². The number of hydrogen-bond acceptors (Lipinski definition) is 4. The molecule has 0 radical (unpaired) electrons. The monoisotopic (exact) mass is 327 g/mol. The second-order valence-corrected chi connectivity index (χ2v) is 6.03. The number of nitrogens with zero attached hydrogens (tertiary/aromatic N) is 3. The van der Waals surface area contributed by atoms with Gasteiger partial charge in [-0.2, -0.15) is 0 Å². The standard InChI is InChI=1S/C16H33N5O2/c1-5-21-10-6-8-14(21)12-18-16(17-9-7-11-23-4)19-13-15(22)20(2)3/h14H,5-13H2,1-4H3,(H2,17,18,19). The fourth-order valence-corrected chi connectivity index (χ4v) is 2.64. The van der Waals surface area contributed by atoms with Crippen LogP contribution in [-0.4, -0.2) is 88.2 Å². The molecule has 134 valence electrons. The Morgan fingerprint density at radius 3 is 2.83 bits per heavy atom. The number of hydrogen-bond donors (Lipinski definition) is 2. The zero-order valence-electron chi connectivity index (χ0n) is 15.1. The third-order valence-corrected chi connectivity index (χ3v) is 4.10. The second-order valence-electron chi connectivity index (χ2n) is 6.03. The number of carbonyl (C=O) groups is 1. The van der Waals surface area contributed by atoms with E-state index in [0.717, 1.165) is 26.1 Å². The molecule has 0 aromatic heterocycles. The van der Waals surface area contributed by atoms with E-state index in [1.54, 1.807) is 26.1 Å². The average Bonchev–Trinajstić information content (AvgIpc) is 3.00. The fraction of sp³-hybridized carbons (Fsp3) is 0.875. The van der Waals surface area contributed by atoms with Crippen LogP contribution in [-0.2, 0) is 9.53 Å². The molecule has 7 heteroatoms. The Morgan fingerprint density at radius 1 is 1.39 bits per heavy atom. The first kappa shape index (κ1) is 19.7. The van der Waals surface area contributed by atoms with Crippen molar-refractivity contribution in [1.82, 2.24) is 20.4 Å². The number of likely N-dealkylation sites (tertiary alicyclic amines) is 1. The van der Waals surface area contributed by atoms with Crippen molar-refractivity contribution in [3.8, 4) is 0 Å². The number of carbonyl (C=O) groups excluding carboxylic acids is 1. The van der Waals surface area contributed by atoms with Gasteiger partial charge in [0.1, 0.15) is 6.54 Å². The molecule has 0 aromatic rings. The van der Waals surface area contributed by atoms with Gasteiger partial charge in [0.2, 0.25) is 5.91 Å². The lowest BCUT2D eigenvalue weighted by Gasteiger charge is -2.24. The molecular weight excluding hydrogens is 294 g/mol. The van der Waals surface area contributed by atoms with Crippen molar-refractivity contribution in [1.29, 1.82) is 0 Å². The predicted octanol–water partition coefficient (Wildman–Crippen LogP) is 0.131. The minimum absolute atomic E-state index is 0.000886. The molecule has 23 heavy (non-hydrogen) atoms. The normalized spacial score (nSPS) is 19.0. The van der Waals surface area contributed by atoms with Gasteiger partial charge in [-0.15, -0.1) is 0 Å². The van der Waals surface area contributed by atoms with E-state index >= 15 is 0 Å². The highest BCUT2D eigenvalue weighted by Gasteiger charge is 2.22. The smallest absolute Gasteiger partial charge is 0.243 e.